The molecule has 2 aliphatic carbocycles. The van der Waals surface area contributed by atoms with Gasteiger partial charge < -0.3 is 0 Å². The number of rotatable bonds is 9. The molecule has 0 heterocycles. The van der Waals surface area contributed by atoms with Crippen molar-refractivity contribution in [2.24, 2.45) is 5.92 Å². The molecule has 2 atom stereocenters. The Kier molecular flexibility index (Phi) is 8.84. The van der Waals surface area contributed by atoms with Crippen molar-refractivity contribution in [2.45, 2.75) is 50.1 Å². The van der Waals surface area contributed by atoms with Gasteiger partial charge in [-0.25, -0.2) is 0 Å². The van der Waals surface area contributed by atoms with Gasteiger partial charge in [-0.3, -0.25) is 0 Å². The van der Waals surface area contributed by atoms with E-state index < -0.39 is 19.8 Å². The molecule has 0 amide bonds. The van der Waals surface area contributed by atoms with Crippen LogP contribution in [0.3, 0.4) is 0 Å². The van der Waals surface area contributed by atoms with Crippen LogP contribution in [0.15, 0.2) is 131 Å². The van der Waals surface area contributed by atoms with Crippen LogP contribution in [0.2, 0.25) is 5.02 Å². The Morgan fingerprint density at radius 1 is 0.804 bits per heavy atom. The third-order valence-corrected chi connectivity index (χ3v) is 20.9. The van der Waals surface area contributed by atoms with E-state index in [1.807, 2.05) is 6.07 Å². The molecule has 0 saturated carbocycles. The molecule has 0 saturated heterocycles. The van der Waals surface area contributed by atoms with Crippen molar-refractivity contribution < 1.29 is 19.8 Å². The van der Waals surface area contributed by atoms with Crippen molar-refractivity contribution in [2.75, 3.05) is 0 Å². The molecule has 2 heteroatoms. The van der Waals surface area contributed by atoms with E-state index in [-0.39, 0.29) is 0 Å². The molecule has 5 aromatic carbocycles. The molecule has 0 radical (unpaired) electrons. The molecule has 7 rings (SSSR count). The van der Waals surface area contributed by atoms with E-state index in [1.54, 1.807) is 6.55 Å². The summed E-state index contributed by atoms with van der Waals surface area (Å²) >= 11 is 3.04. The third kappa shape index (κ3) is 5.94. The molecule has 46 heavy (non-hydrogen) atoms. The summed E-state index contributed by atoms with van der Waals surface area (Å²) in [5, 5.41) is 0.809. The zero-order chi connectivity index (χ0) is 31.8. The Labute approximate surface area is 284 Å². The van der Waals surface area contributed by atoms with Gasteiger partial charge >= 0.3 is 286 Å². The molecule has 0 fully saturated rings. The van der Waals surface area contributed by atoms with E-state index >= 15 is 0 Å². The maximum atomic E-state index is 6.59. The van der Waals surface area contributed by atoms with E-state index in [2.05, 4.69) is 142 Å². The fraction of sp³-hybridized carbons (Fsp3) is 0.205. The van der Waals surface area contributed by atoms with Crippen LogP contribution in [-0.4, -0.2) is 4.21 Å². The molecule has 229 valence electrons. The van der Waals surface area contributed by atoms with Gasteiger partial charge in [-0.1, -0.05) is 0 Å². The number of halogens is 1. The van der Waals surface area contributed by atoms with E-state index in [1.165, 1.54) is 55.6 Å². The van der Waals surface area contributed by atoms with Crippen LogP contribution in [-0.2, 0) is 36.8 Å². The van der Waals surface area contributed by atoms with Gasteiger partial charge in [0, 0.05) is 0 Å². The van der Waals surface area contributed by atoms with E-state index in [0.29, 0.717) is 11.8 Å². The van der Waals surface area contributed by atoms with E-state index in [0.717, 1.165) is 28.4 Å². The molecule has 0 nitrogen and oxygen atoms in total. The molecule has 0 aliphatic heterocycles. The second kappa shape index (κ2) is 13.0. The minimum atomic E-state index is -3.56. The van der Waals surface area contributed by atoms with Crippen molar-refractivity contribution in [3.05, 3.63) is 169 Å². The van der Waals surface area contributed by atoms with Crippen molar-refractivity contribution in [3.63, 3.8) is 0 Å². The zero-order valence-electron chi connectivity index (χ0n) is 27.2. The van der Waals surface area contributed by atoms with Crippen molar-refractivity contribution >= 4 is 19.1 Å². The topological polar surface area (TPSA) is 0 Å². The molecule has 5 aromatic rings. The molecule has 2 aliphatic rings. The van der Waals surface area contributed by atoms with Crippen molar-refractivity contribution in [1.82, 2.24) is 0 Å². The predicted octanol–water partition coefficient (Wildman–Crippen LogP) is 11.1. The first kappa shape index (κ1) is 31.2. The SMILES string of the molecule is [CH2]=[Zr]([CH2]c1cccc(Cl)c1)([C]1=CC=CC1)[c]1c(CC(c2ccccc2)C(C)C)ccc2c1Cc1cc(-c3ccccc3)c(C)cc1-2. The van der Waals surface area contributed by atoms with Crippen LogP contribution in [0.1, 0.15) is 59.6 Å². The summed E-state index contributed by atoms with van der Waals surface area (Å²) in [6.07, 6.45) is 10.0. The van der Waals surface area contributed by atoms with Gasteiger partial charge in [-0.05, 0) is 0 Å². The number of hydrogen-bond acceptors (Lipinski definition) is 0. The first-order valence-corrected chi connectivity index (χ1v) is 23.0. The summed E-state index contributed by atoms with van der Waals surface area (Å²) in [4.78, 5) is 0. The fourth-order valence-corrected chi connectivity index (χ4v) is 18.5. The van der Waals surface area contributed by atoms with Gasteiger partial charge in [0.15, 0.2) is 0 Å². The predicted molar refractivity (Wildman–Crippen MR) is 196 cm³/mol. The van der Waals surface area contributed by atoms with Gasteiger partial charge in [-0.2, -0.15) is 0 Å². The molecule has 0 spiro atoms. The second-order valence-electron chi connectivity index (χ2n) is 13.7. The van der Waals surface area contributed by atoms with Gasteiger partial charge in [0.25, 0.3) is 0 Å². The Balaban J connectivity index is 1.43. The van der Waals surface area contributed by atoms with Crippen LogP contribution >= 0.6 is 11.6 Å². The maximum absolute atomic E-state index is 6.59. The van der Waals surface area contributed by atoms with Crippen molar-refractivity contribution in [3.8, 4) is 22.3 Å². The Morgan fingerprint density at radius 3 is 2.26 bits per heavy atom. The third-order valence-electron chi connectivity index (χ3n) is 10.3. The molecular formula is C44H42ClZr. The van der Waals surface area contributed by atoms with Gasteiger partial charge in [0.1, 0.15) is 0 Å². The number of hydrogen-bond donors (Lipinski definition) is 0. The van der Waals surface area contributed by atoms with Crippen LogP contribution in [0.4, 0.5) is 0 Å². The Hall–Kier alpha value is -3.38. The number of allylic oxidation sites excluding steroid dienone is 4. The van der Waals surface area contributed by atoms with E-state index in [9.17, 15) is 0 Å². The summed E-state index contributed by atoms with van der Waals surface area (Å²) in [5.74, 6) is 0.956. The molecule has 0 bridgehead atoms. The second-order valence-corrected chi connectivity index (χ2v) is 23.1. The molecular weight excluding hydrogens is 655 g/mol. The first-order chi connectivity index (χ1) is 22.3. The first-order valence-electron chi connectivity index (χ1n) is 16.7. The molecule has 0 N–H and O–H groups in total. The van der Waals surface area contributed by atoms with Gasteiger partial charge in [0.2, 0.25) is 0 Å². The van der Waals surface area contributed by atoms with Crippen LogP contribution in [0, 0.1) is 12.8 Å². The van der Waals surface area contributed by atoms with Crippen molar-refractivity contribution in [1.29, 1.82) is 0 Å². The van der Waals surface area contributed by atoms with Crippen LogP contribution < -0.4 is 3.27 Å². The number of aryl methyl sites for hydroxylation is 1. The Bertz CT molecular complexity index is 2010. The van der Waals surface area contributed by atoms with Crippen LogP contribution in [0.25, 0.3) is 22.3 Å². The number of fused-ring (bicyclic) bond motifs is 3. The summed E-state index contributed by atoms with van der Waals surface area (Å²) in [6, 6.07) is 40.4. The fourth-order valence-electron chi connectivity index (χ4n) is 8.00. The summed E-state index contributed by atoms with van der Waals surface area (Å²) in [5.41, 5.74) is 14.0. The quantitative estimate of drug-likeness (QED) is 0.141. The summed E-state index contributed by atoms with van der Waals surface area (Å²) in [7, 11) is 0. The monoisotopic (exact) mass is 695 g/mol. The standard InChI is InChI=1S/C31H29.C7H6Cl.C5H5.CH2.Zr/c1-21(2)29(24-10-6-4-7-11-24)18-23-14-15-28-26(17-23)19-27-20-30(22(3)16-31(27)28)25-12-8-5-9-13-25;1-6-3-2-4-7(8)5-6;1-2-4-5-3-1;;/h4-16,20-21,29H,18-19H2,1-3H3;2-5H,1H2;1-3H,4H2;1H2;. The van der Waals surface area contributed by atoms with Gasteiger partial charge in [-0.15, -0.1) is 0 Å². The Morgan fingerprint density at radius 2 is 1.57 bits per heavy atom. The average molecular weight is 697 g/mol. The molecule has 0 aromatic heterocycles. The van der Waals surface area contributed by atoms with Crippen LogP contribution in [0.5, 0.6) is 0 Å². The summed E-state index contributed by atoms with van der Waals surface area (Å²) < 4.78 is 9.63. The molecule has 2 unspecified atom stereocenters. The van der Waals surface area contributed by atoms with E-state index in [4.69, 9.17) is 15.8 Å². The van der Waals surface area contributed by atoms with Gasteiger partial charge in [0.05, 0.1) is 0 Å². The minimum absolute atomic E-state index is 0.436. The zero-order valence-corrected chi connectivity index (χ0v) is 30.4. The summed E-state index contributed by atoms with van der Waals surface area (Å²) in [6.45, 7) is 7.02. The average Bonchev–Trinajstić information content (AvgIpc) is 3.73. The number of benzene rings is 5. The normalized spacial score (nSPS) is 15.4.